The maximum absolute atomic E-state index is 12.0. The third kappa shape index (κ3) is 3.76. The Morgan fingerprint density at radius 2 is 2.19 bits per heavy atom. The van der Waals surface area contributed by atoms with Gasteiger partial charge in [-0.15, -0.1) is 21.0 Å². The van der Waals surface area contributed by atoms with Gasteiger partial charge in [0.25, 0.3) is 0 Å². The Kier molecular flexibility index (Phi) is 6.41. The van der Waals surface area contributed by atoms with E-state index in [1.807, 2.05) is 18.4 Å². The van der Waals surface area contributed by atoms with Crippen molar-refractivity contribution in [2.75, 3.05) is 12.4 Å². The number of Topliss-reactive ketones (excluding diaryl/α,β-unsaturated/α-hetero) is 1. The predicted octanol–water partition coefficient (Wildman–Crippen LogP) is 4.29. The Balaban J connectivity index is 2.81. The molecule has 0 saturated heterocycles. The van der Waals surface area contributed by atoms with E-state index in [0.717, 1.165) is 23.9 Å². The number of halogens is 1. The summed E-state index contributed by atoms with van der Waals surface area (Å²) in [5.74, 6) is 0.161. The highest BCUT2D eigenvalue weighted by Crippen LogP contribution is 2.28. The van der Waals surface area contributed by atoms with Crippen molar-refractivity contribution in [1.29, 1.82) is 0 Å². The van der Waals surface area contributed by atoms with Crippen molar-refractivity contribution in [3.63, 3.8) is 0 Å². The zero-order valence-electron chi connectivity index (χ0n) is 9.33. The standard InChI is InChI=1S/C12H16ClOPS/c1-16-11-7-4-5-9(13)12(11)10(14)6-2-3-8-15/h4-5,7H,2-3,6,8,15H2,1H3. The Morgan fingerprint density at radius 1 is 1.44 bits per heavy atom. The molecule has 1 aromatic carbocycles. The van der Waals surface area contributed by atoms with Crippen molar-refractivity contribution in [3.05, 3.63) is 28.8 Å². The van der Waals surface area contributed by atoms with Gasteiger partial charge in [-0.1, -0.05) is 17.7 Å². The lowest BCUT2D eigenvalue weighted by atomic mass is 10.1. The van der Waals surface area contributed by atoms with Crippen molar-refractivity contribution < 1.29 is 4.79 Å². The molecule has 1 rings (SSSR count). The molecule has 0 aliphatic rings. The molecule has 1 atom stereocenters. The minimum absolute atomic E-state index is 0.161. The summed E-state index contributed by atoms with van der Waals surface area (Å²) in [4.78, 5) is 13.0. The molecule has 0 aliphatic carbocycles. The van der Waals surface area contributed by atoms with Crippen molar-refractivity contribution in [1.82, 2.24) is 0 Å². The molecular weight excluding hydrogens is 259 g/mol. The summed E-state index contributed by atoms with van der Waals surface area (Å²) >= 11 is 7.65. The topological polar surface area (TPSA) is 17.1 Å². The van der Waals surface area contributed by atoms with Crippen LogP contribution in [-0.2, 0) is 0 Å². The van der Waals surface area contributed by atoms with Gasteiger partial charge in [0.05, 0.1) is 5.02 Å². The van der Waals surface area contributed by atoms with Crippen LogP contribution in [0.3, 0.4) is 0 Å². The number of thioether (sulfide) groups is 1. The fraction of sp³-hybridized carbons (Fsp3) is 0.417. The first-order chi connectivity index (χ1) is 7.70. The van der Waals surface area contributed by atoms with Gasteiger partial charge in [0, 0.05) is 16.9 Å². The van der Waals surface area contributed by atoms with Gasteiger partial charge in [-0.3, -0.25) is 4.79 Å². The Bertz CT molecular complexity index is 368. The summed E-state index contributed by atoms with van der Waals surface area (Å²) in [5.41, 5.74) is 0.695. The first-order valence-electron chi connectivity index (χ1n) is 5.26. The third-order valence-electron chi connectivity index (χ3n) is 2.33. The van der Waals surface area contributed by atoms with Crippen LogP contribution < -0.4 is 0 Å². The molecule has 16 heavy (non-hydrogen) atoms. The highest BCUT2D eigenvalue weighted by molar-refractivity contribution is 7.98. The average Bonchev–Trinajstić information content (AvgIpc) is 2.28. The maximum atomic E-state index is 12.0. The Hall–Kier alpha value is -0.0400. The lowest BCUT2D eigenvalue weighted by Crippen LogP contribution is -2.02. The van der Waals surface area contributed by atoms with Crippen LogP contribution >= 0.6 is 32.6 Å². The number of hydrogen-bond donors (Lipinski definition) is 0. The molecule has 1 nitrogen and oxygen atoms in total. The van der Waals surface area contributed by atoms with Crippen molar-refractivity contribution in [3.8, 4) is 0 Å². The summed E-state index contributed by atoms with van der Waals surface area (Å²) in [5, 5.41) is 0.572. The molecule has 0 radical (unpaired) electrons. The quantitative estimate of drug-likeness (QED) is 0.333. The van der Waals surface area contributed by atoms with Gasteiger partial charge >= 0.3 is 0 Å². The van der Waals surface area contributed by atoms with E-state index in [4.69, 9.17) is 11.6 Å². The molecule has 1 aromatic rings. The van der Waals surface area contributed by atoms with Crippen molar-refractivity contribution in [2.24, 2.45) is 0 Å². The molecule has 0 aromatic heterocycles. The molecule has 1 unspecified atom stereocenters. The molecule has 0 aliphatic heterocycles. The molecule has 0 spiro atoms. The summed E-state index contributed by atoms with van der Waals surface area (Å²) in [7, 11) is 2.68. The molecule has 0 N–H and O–H groups in total. The zero-order valence-corrected chi connectivity index (χ0v) is 12.1. The van der Waals surface area contributed by atoms with Crippen LogP contribution in [0.1, 0.15) is 29.6 Å². The van der Waals surface area contributed by atoms with Crippen LogP contribution in [0.5, 0.6) is 0 Å². The summed E-state index contributed by atoms with van der Waals surface area (Å²) in [6, 6.07) is 5.61. The van der Waals surface area contributed by atoms with Crippen LogP contribution in [0.15, 0.2) is 23.1 Å². The second kappa shape index (κ2) is 7.32. The fourth-order valence-corrected chi connectivity index (χ4v) is 2.77. The molecule has 0 amide bonds. The van der Waals surface area contributed by atoms with Gasteiger partial charge < -0.3 is 0 Å². The van der Waals surface area contributed by atoms with Crippen LogP contribution in [0.4, 0.5) is 0 Å². The van der Waals surface area contributed by atoms with Crippen LogP contribution in [0.25, 0.3) is 0 Å². The van der Waals surface area contributed by atoms with Gasteiger partial charge in [-0.25, -0.2) is 0 Å². The number of carbonyl (C=O) groups is 1. The van der Waals surface area contributed by atoms with Crippen LogP contribution in [0.2, 0.25) is 5.02 Å². The van der Waals surface area contributed by atoms with E-state index in [9.17, 15) is 4.79 Å². The van der Waals surface area contributed by atoms with E-state index >= 15 is 0 Å². The molecule has 0 bridgehead atoms. The molecule has 0 fully saturated rings. The van der Waals surface area contributed by atoms with Gasteiger partial charge in [0.1, 0.15) is 0 Å². The molecule has 88 valence electrons. The summed E-state index contributed by atoms with van der Waals surface area (Å²) in [6.07, 6.45) is 5.60. The number of unbranched alkanes of at least 4 members (excludes halogenated alkanes) is 1. The fourth-order valence-electron chi connectivity index (χ4n) is 1.50. The smallest absolute Gasteiger partial charge is 0.165 e. The predicted molar refractivity (Wildman–Crippen MR) is 76.0 cm³/mol. The largest absolute Gasteiger partial charge is 0.294 e. The van der Waals surface area contributed by atoms with Crippen LogP contribution in [0, 0.1) is 0 Å². The number of hydrogen-bond acceptors (Lipinski definition) is 2. The first kappa shape index (κ1) is 14.0. The minimum atomic E-state index is 0.161. The first-order valence-corrected chi connectivity index (χ1v) is 7.68. The molecular formula is C12H16ClOPS. The van der Waals surface area contributed by atoms with Gasteiger partial charge in [0.15, 0.2) is 5.78 Å². The summed E-state index contributed by atoms with van der Waals surface area (Å²) in [6.45, 7) is 0. The van der Waals surface area contributed by atoms with E-state index in [2.05, 4.69) is 9.24 Å². The zero-order chi connectivity index (χ0) is 12.0. The van der Waals surface area contributed by atoms with Crippen molar-refractivity contribution >= 4 is 38.4 Å². The highest BCUT2D eigenvalue weighted by Gasteiger charge is 2.14. The third-order valence-corrected chi connectivity index (χ3v) is 3.84. The maximum Gasteiger partial charge on any atom is 0.165 e. The molecule has 0 saturated carbocycles. The van der Waals surface area contributed by atoms with E-state index in [-0.39, 0.29) is 5.78 Å². The van der Waals surface area contributed by atoms with Crippen molar-refractivity contribution in [2.45, 2.75) is 24.2 Å². The van der Waals surface area contributed by atoms with E-state index in [0.29, 0.717) is 17.0 Å². The number of carbonyl (C=O) groups excluding carboxylic acids is 1. The second-order valence-corrected chi connectivity index (χ2v) is 5.32. The normalized spacial score (nSPS) is 10.4. The monoisotopic (exact) mass is 274 g/mol. The number of benzene rings is 1. The molecule has 0 heterocycles. The van der Waals surface area contributed by atoms with E-state index in [1.54, 1.807) is 17.8 Å². The lowest BCUT2D eigenvalue weighted by Gasteiger charge is -2.08. The molecule has 4 heteroatoms. The van der Waals surface area contributed by atoms with Crippen LogP contribution in [-0.4, -0.2) is 18.2 Å². The van der Waals surface area contributed by atoms with Gasteiger partial charge in [0.2, 0.25) is 0 Å². The Morgan fingerprint density at radius 3 is 2.81 bits per heavy atom. The van der Waals surface area contributed by atoms with E-state index < -0.39 is 0 Å². The number of ketones is 1. The van der Waals surface area contributed by atoms with Gasteiger partial charge in [-0.2, -0.15) is 0 Å². The highest BCUT2D eigenvalue weighted by atomic mass is 35.5. The second-order valence-electron chi connectivity index (χ2n) is 3.49. The summed E-state index contributed by atoms with van der Waals surface area (Å²) < 4.78 is 0. The minimum Gasteiger partial charge on any atom is -0.294 e. The SMILES string of the molecule is CSc1cccc(Cl)c1C(=O)CCCCP. The average molecular weight is 275 g/mol. The lowest BCUT2D eigenvalue weighted by molar-refractivity contribution is 0.0977. The Labute approximate surface area is 109 Å². The van der Waals surface area contributed by atoms with E-state index in [1.165, 1.54) is 0 Å². The number of rotatable bonds is 6. The van der Waals surface area contributed by atoms with Gasteiger partial charge in [-0.05, 0) is 37.4 Å².